The van der Waals surface area contributed by atoms with E-state index in [2.05, 4.69) is 0 Å². The zero-order valence-electron chi connectivity index (χ0n) is 6.14. The molecule has 3 heteroatoms. The Hall–Kier alpha value is -0.570. The molecule has 0 unspecified atom stereocenters. The van der Waals surface area contributed by atoms with Gasteiger partial charge in [-0.3, -0.25) is 0 Å². The van der Waals surface area contributed by atoms with E-state index in [0.717, 1.165) is 0 Å². The molecule has 2 aliphatic heterocycles. The molecule has 56 valence electrons. The van der Waals surface area contributed by atoms with Crippen LogP contribution in [0.2, 0.25) is 0 Å². The standard InChI is InChI=1S/C7H10O3/c1-6(2)3-9-5(8)7(6)4-10-7/h3-4H2,1-2H3/t7-/m0/s1. The van der Waals surface area contributed by atoms with Gasteiger partial charge in [0, 0.05) is 5.41 Å². The fourth-order valence-electron chi connectivity index (χ4n) is 1.34. The Bertz CT molecular complexity index is 191. The molecule has 0 amide bonds. The molecule has 2 saturated heterocycles. The van der Waals surface area contributed by atoms with Crippen LogP contribution in [0, 0.1) is 5.41 Å². The summed E-state index contributed by atoms with van der Waals surface area (Å²) in [6.45, 7) is 5.01. The summed E-state index contributed by atoms with van der Waals surface area (Å²) < 4.78 is 9.99. The first-order chi connectivity index (χ1) is 4.58. The van der Waals surface area contributed by atoms with Crippen LogP contribution >= 0.6 is 0 Å². The largest absolute Gasteiger partial charge is 0.463 e. The van der Waals surface area contributed by atoms with Crippen molar-refractivity contribution in [3.05, 3.63) is 0 Å². The molecule has 0 N–H and O–H groups in total. The minimum Gasteiger partial charge on any atom is -0.463 e. The molecule has 0 saturated carbocycles. The summed E-state index contributed by atoms with van der Waals surface area (Å²) in [6.07, 6.45) is 0. The maximum Gasteiger partial charge on any atom is 0.341 e. The van der Waals surface area contributed by atoms with Crippen LogP contribution in [0.3, 0.4) is 0 Å². The van der Waals surface area contributed by atoms with Gasteiger partial charge in [-0.05, 0) is 0 Å². The lowest BCUT2D eigenvalue weighted by molar-refractivity contribution is -0.142. The third-order valence-electron chi connectivity index (χ3n) is 2.42. The molecule has 0 aliphatic carbocycles. The number of ether oxygens (including phenoxy) is 2. The molecule has 3 nitrogen and oxygen atoms in total. The summed E-state index contributed by atoms with van der Waals surface area (Å²) in [5.74, 6) is -0.183. The van der Waals surface area contributed by atoms with E-state index < -0.39 is 5.60 Å². The molecule has 2 aliphatic rings. The Morgan fingerprint density at radius 1 is 1.40 bits per heavy atom. The van der Waals surface area contributed by atoms with Crippen molar-refractivity contribution in [3.63, 3.8) is 0 Å². The van der Waals surface area contributed by atoms with E-state index in [-0.39, 0.29) is 11.4 Å². The Kier molecular flexibility index (Phi) is 0.844. The predicted molar refractivity (Wildman–Crippen MR) is 33.4 cm³/mol. The van der Waals surface area contributed by atoms with E-state index >= 15 is 0 Å². The first kappa shape index (κ1) is 6.16. The van der Waals surface area contributed by atoms with Crippen LogP contribution in [0.1, 0.15) is 13.8 Å². The van der Waals surface area contributed by atoms with Gasteiger partial charge in [-0.1, -0.05) is 13.8 Å². The normalized spacial score (nSPS) is 42.0. The van der Waals surface area contributed by atoms with Crippen LogP contribution in [0.4, 0.5) is 0 Å². The van der Waals surface area contributed by atoms with E-state index in [1.54, 1.807) is 0 Å². The minimum atomic E-state index is -0.562. The average molecular weight is 142 g/mol. The highest BCUT2D eigenvalue weighted by molar-refractivity contribution is 5.85. The lowest BCUT2D eigenvalue weighted by Gasteiger charge is -2.16. The monoisotopic (exact) mass is 142 g/mol. The van der Waals surface area contributed by atoms with Gasteiger partial charge >= 0.3 is 5.97 Å². The number of carbonyl (C=O) groups is 1. The molecule has 0 aromatic rings. The smallest absolute Gasteiger partial charge is 0.341 e. The predicted octanol–water partition coefficient (Wildman–Crippen LogP) is 0.338. The molecule has 1 spiro atoms. The van der Waals surface area contributed by atoms with Crippen LogP contribution in [0.15, 0.2) is 0 Å². The second-order valence-corrected chi connectivity index (χ2v) is 3.58. The van der Waals surface area contributed by atoms with Gasteiger partial charge in [0.05, 0.1) is 13.2 Å². The quantitative estimate of drug-likeness (QED) is 0.361. The van der Waals surface area contributed by atoms with Crippen molar-refractivity contribution in [1.29, 1.82) is 0 Å². The molecule has 0 aromatic heterocycles. The zero-order valence-corrected chi connectivity index (χ0v) is 6.14. The van der Waals surface area contributed by atoms with Crippen molar-refractivity contribution in [2.24, 2.45) is 5.41 Å². The molecule has 0 bridgehead atoms. The van der Waals surface area contributed by atoms with E-state index in [1.807, 2.05) is 13.8 Å². The lowest BCUT2D eigenvalue weighted by Crippen LogP contribution is -2.33. The van der Waals surface area contributed by atoms with Gasteiger partial charge in [0.15, 0.2) is 5.60 Å². The number of epoxide rings is 1. The van der Waals surface area contributed by atoms with E-state index in [9.17, 15) is 4.79 Å². The van der Waals surface area contributed by atoms with Gasteiger partial charge in [0.25, 0.3) is 0 Å². The van der Waals surface area contributed by atoms with Gasteiger partial charge in [0.2, 0.25) is 0 Å². The first-order valence-electron chi connectivity index (χ1n) is 3.40. The average Bonchev–Trinajstić information content (AvgIpc) is 2.58. The molecule has 2 fully saturated rings. The number of hydrogen-bond acceptors (Lipinski definition) is 3. The Labute approximate surface area is 59.3 Å². The van der Waals surface area contributed by atoms with Crippen molar-refractivity contribution < 1.29 is 14.3 Å². The molecule has 0 aromatic carbocycles. The van der Waals surface area contributed by atoms with Gasteiger partial charge in [-0.25, -0.2) is 4.79 Å². The van der Waals surface area contributed by atoms with Crippen molar-refractivity contribution in [2.75, 3.05) is 13.2 Å². The summed E-state index contributed by atoms with van der Waals surface area (Å²) in [4.78, 5) is 11.0. The Morgan fingerprint density at radius 2 is 2.00 bits per heavy atom. The molecule has 0 radical (unpaired) electrons. The third-order valence-corrected chi connectivity index (χ3v) is 2.42. The SMILES string of the molecule is CC1(C)COC(=O)[C@@]12CO2. The zero-order chi connectivity index (χ0) is 7.41. The van der Waals surface area contributed by atoms with Crippen molar-refractivity contribution in [3.8, 4) is 0 Å². The van der Waals surface area contributed by atoms with Gasteiger partial charge < -0.3 is 9.47 Å². The lowest BCUT2D eigenvalue weighted by atomic mass is 9.82. The number of hydrogen-bond donors (Lipinski definition) is 0. The molecule has 1 atom stereocenters. The highest BCUT2D eigenvalue weighted by Crippen LogP contribution is 2.49. The fourth-order valence-corrected chi connectivity index (χ4v) is 1.34. The summed E-state index contributed by atoms with van der Waals surface area (Å²) in [6, 6.07) is 0. The molecule has 2 rings (SSSR count). The van der Waals surface area contributed by atoms with Crippen molar-refractivity contribution in [1.82, 2.24) is 0 Å². The second-order valence-electron chi connectivity index (χ2n) is 3.58. The van der Waals surface area contributed by atoms with Crippen LogP contribution in [0.5, 0.6) is 0 Å². The van der Waals surface area contributed by atoms with E-state index in [4.69, 9.17) is 9.47 Å². The topological polar surface area (TPSA) is 38.8 Å². The van der Waals surface area contributed by atoms with Crippen molar-refractivity contribution in [2.45, 2.75) is 19.4 Å². The molecule has 10 heavy (non-hydrogen) atoms. The molecular weight excluding hydrogens is 132 g/mol. The summed E-state index contributed by atoms with van der Waals surface area (Å²) >= 11 is 0. The number of rotatable bonds is 0. The maximum atomic E-state index is 11.0. The molecular formula is C7H10O3. The number of carbonyl (C=O) groups excluding carboxylic acids is 1. The van der Waals surface area contributed by atoms with E-state index in [0.29, 0.717) is 13.2 Å². The number of cyclic esters (lactones) is 1. The van der Waals surface area contributed by atoms with Gasteiger partial charge in [-0.15, -0.1) is 0 Å². The number of esters is 1. The minimum absolute atomic E-state index is 0.121. The highest BCUT2D eigenvalue weighted by Gasteiger charge is 2.68. The molecule has 2 heterocycles. The van der Waals surface area contributed by atoms with Gasteiger partial charge in [0.1, 0.15) is 0 Å². The summed E-state index contributed by atoms with van der Waals surface area (Å²) in [5.41, 5.74) is -0.683. The summed E-state index contributed by atoms with van der Waals surface area (Å²) in [5, 5.41) is 0. The van der Waals surface area contributed by atoms with E-state index in [1.165, 1.54) is 0 Å². The third kappa shape index (κ3) is 0.475. The van der Waals surface area contributed by atoms with Gasteiger partial charge in [-0.2, -0.15) is 0 Å². The van der Waals surface area contributed by atoms with Crippen LogP contribution < -0.4 is 0 Å². The Morgan fingerprint density at radius 3 is 2.20 bits per heavy atom. The van der Waals surface area contributed by atoms with Crippen molar-refractivity contribution >= 4 is 5.97 Å². The first-order valence-corrected chi connectivity index (χ1v) is 3.40. The Balaban J connectivity index is 2.35. The highest BCUT2D eigenvalue weighted by atomic mass is 16.7. The second kappa shape index (κ2) is 1.37. The van der Waals surface area contributed by atoms with Crippen LogP contribution in [-0.4, -0.2) is 24.8 Å². The summed E-state index contributed by atoms with van der Waals surface area (Å²) in [7, 11) is 0. The maximum absolute atomic E-state index is 11.0. The fraction of sp³-hybridized carbons (Fsp3) is 0.857. The van der Waals surface area contributed by atoms with Crippen LogP contribution in [-0.2, 0) is 14.3 Å². The van der Waals surface area contributed by atoms with Crippen LogP contribution in [0.25, 0.3) is 0 Å².